The van der Waals surface area contributed by atoms with Crippen molar-refractivity contribution < 1.29 is 0 Å². The Hall–Kier alpha value is -5.99. The maximum atomic E-state index is 10.1. The highest BCUT2D eigenvalue weighted by Gasteiger charge is 2.25. The van der Waals surface area contributed by atoms with Gasteiger partial charge in [0.2, 0.25) is 5.95 Å². The molecule has 0 atom stereocenters. The molecule has 0 N–H and O–H groups in total. The van der Waals surface area contributed by atoms with Crippen LogP contribution in [0.25, 0.3) is 87.5 Å². The molecule has 10 aromatic rings. The van der Waals surface area contributed by atoms with Crippen LogP contribution in [0, 0.1) is 11.3 Å². The largest absolute Gasteiger partial charge is 0.308 e. The highest BCUT2D eigenvalue weighted by atomic mass is 15.2. The van der Waals surface area contributed by atoms with E-state index in [9.17, 15) is 5.26 Å². The van der Waals surface area contributed by atoms with Crippen LogP contribution in [0.1, 0.15) is 5.69 Å². The van der Waals surface area contributed by atoms with Crippen LogP contribution in [0.3, 0.4) is 0 Å². The fraction of sp³-hybridized carbons (Fsp3) is 0. The molecule has 6 aromatic carbocycles. The Bertz CT molecular complexity index is 2810. The average molecular weight is 534 g/mol. The molecule has 5 heteroatoms. The van der Waals surface area contributed by atoms with Crippen molar-refractivity contribution in [3.8, 4) is 12.0 Å². The third-order valence-electron chi connectivity index (χ3n) is 8.86. The van der Waals surface area contributed by atoms with Gasteiger partial charge in [-0.1, -0.05) is 72.8 Å². The number of nitriles is 1. The van der Waals surface area contributed by atoms with Gasteiger partial charge in [0.05, 0.1) is 33.1 Å². The van der Waals surface area contributed by atoms with Crippen molar-refractivity contribution >= 4 is 81.6 Å². The number of fused-ring (bicyclic) bond motifs is 12. The number of para-hydroxylation sites is 3. The summed E-state index contributed by atoms with van der Waals surface area (Å²) < 4.78 is 4.58. The van der Waals surface area contributed by atoms with E-state index in [-0.39, 0.29) is 0 Å². The van der Waals surface area contributed by atoms with Gasteiger partial charge in [-0.15, -0.1) is 0 Å². The van der Waals surface area contributed by atoms with E-state index in [2.05, 4.69) is 106 Å². The molecule has 10 rings (SSSR count). The van der Waals surface area contributed by atoms with Crippen molar-refractivity contribution in [1.29, 1.82) is 5.26 Å². The lowest BCUT2D eigenvalue weighted by Crippen LogP contribution is -2.04. The van der Waals surface area contributed by atoms with Crippen molar-refractivity contribution in [3.05, 3.63) is 121 Å². The monoisotopic (exact) mass is 533 g/mol. The lowest BCUT2D eigenvalue weighted by Gasteiger charge is -2.10. The summed E-state index contributed by atoms with van der Waals surface area (Å²) in [5.74, 6) is 0.503. The van der Waals surface area contributed by atoms with E-state index in [1.54, 1.807) is 0 Å². The highest BCUT2D eigenvalue weighted by Crippen LogP contribution is 2.46. The normalized spacial score (nSPS) is 12.3. The SMILES string of the molecule is N#Cc1nc(-n2c3cc4ccccc4cc3c3cc4c5ccccc5n5c6ccccc6c(c32)c45)nc2ccccc12. The van der Waals surface area contributed by atoms with Crippen molar-refractivity contribution in [3.63, 3.8) is 0 Å². The second-order valence-electron chi connectivity index (χ2n) is 11.0. The minimum atomic E-state index is 0.374. The van der Waals surface area contributed by atoms with Crippen molar-refractivity contribution in [2.24, 2.45) is 0 Å². The molecule has 0 radical (unpaired) electrons. The van der Waals surface area contributed by atoms with Gasteiger partial charge in [-0.2, -0.15) is 5.26 Å². The van der Waals surface area contributed by atoms with E-state index in [0.717, 1.165) is 38.1 Å². The molecule has 0 aliphatic heterocycles. The summed E-state index contributed by atoms with van der Waals surface area (Å²) in [6.45, 7) is 0. The smallest absolute Gasteiger partial charge is 0.236 e. The van der Waals surface area contributed by atoms with Crippen LogP contribution in [-0.4, -0.2) is 18.9 Å². The van der Waals surface area contributed by atoms with Gasteiger partial charge >= 0.3 is 0 Å². The van der Waals surface area contributed by atoms with E-state index >= 15 is 0 Å². The molecule has 42 heavy (non-hydrogen) atoms. The summed E-state index contributed by atoms with van der Waals surface area (Å²) in [4.78, 5) is 9.97. The second kappa shape index (κ2) is 7.60. The molecular formula is C37H19N5. The molecule has 0 fully saturated rings. The first-order valence-corrected chi connectivity index (χ1v) is 14.0. The minimum Gasteiger partial charge on any atom is -0.308 e. The first-order valence-electron chi connectivity index (χ1n) is 14.0. The lowest BCUT2D eigenvalue weighted by molar-refractivity contribution is 1.01. The van der Waals surface area contributed by atoms with E-state index in [4.69, 9.17) is 9.97 Å². The maximum absolute atomic E-state index is 10.1. The molecule has 0 unspecified atom stereocenters. The quantitative estimate of drug-likeness (QED) is 0.212. The second-order valence-corrected chi connectivity index (χ2v) is 11.0. The van der Waals surface area contributed by atoms with Crippen LogP contribution in [0.15, 0.2) is 115 Å². The van der Waals surface area contributed by atoms with Gasteiger partial charge in [-0.05, 0) is 53.2 Å². The first-order chi connectivity index (χ1) is 20.8. The highest BCUT2D eigenvalue weighted by molar-refractivity contribution is 6.34. The van der Waals surface area contributed by atoms with Crippen molar-refractivity contribution in [2.45, 2.75) is 0 Å². The maximum Gasteiger partial charge on any atom is 0.236 e. The van der Waals surface area contributed by atoms with Gasteiger partial charge < -0.3 is 4.40 Å². The molecule has 0 bridgehead atoms. The minimum absolute atomic E-state index is 0.374. The van der Waals surface area contributed by atoms with Crippen LogP contribution < -0.4 is 0 Å². The molecule has 5 nitrogen and oxygen atoms in total. The molecule has 0 amide bonds. The molecule has 0 aliphatic rings. The lowest BCUT2D eigenvalue weighted by atomic mass is 10.0. The van der Waals surface area contributed by atoms with E-state index in [0.29, 0.717) is 11.6 Å². The van der Waals surface area contributed by atoms with Crippen LogP contribution in [0.2, 0.25) is 0 Å². The number of hydrogen-bond donors (Lipinski definition) is 0. The molecule has 0 spiro atoms. The fourth-order valence-corrected chi connectivity index (χ4v) is 7.15. The van der Waals surface area contributed by atoms with Crippen LogP contribution in [0.5, 0.6) is 0 Å². The summed E-state index contributed by atoms with van der Waals surface area (Å²) in [6.07, 6.45) is 0. The molecule has 0 saturated carbocycles. The molecule has 4 heterocycles. The summed E-state index contributed by atoms with van der Waals surface area (Å²) in [7, 11) is 0. The third kappa shape index (κ3) is 2.57. The first kappa shape index (κ1) is 21.8. The molecule has 0 saturated heterocycles. The Morgan fingerprint density at radius 3 is 1.98 bits per heavy atom. The topological polar surface area (TPSA) is 58.9 Å². The van der Waals surface area contributed by atoms with E-state index < -0.39 is 0 Å². The van der Waals surface area contributed by atoms with Crippen LogP contribution in [-0.2, 0) is 0 Å². The zero-order valence-corrected chi connectivity index (χ0v) is 22.2. The summed E-state index contributed by atoms with van der Waals surface area (Å²) in [5.41, 5.74) is 6.76. The van der Waals surface area contributed by atoms with Gasteiger partial charge in [-0.3, -0.25) is 4.57 Å². The Morgan fingerprint density at radius 2 is 1.17 bits per heavy atom. The summed E-state index contributed by atoms with van der Waals surface area (Å²) in [6, 6.07) is 42.7. The van der Waals surface area contributed by atoms with E-state index in [1.807, 2.05) is 24.3 Å². The van der Waals surface area contributed by atoms with Gasteiger partial charge in [0.1, 0.15) is 6.07 Å². The fourth-order valence-electron chi connectivity index (χ4n) is 7.15. The number of aromatic nitrogens is 4. The standard InChI is InChI=1S/C37H19N5/c38-20-30-24-12-3-6-14-29(24)39-37(40-30)42-33-18-22-10-2-1-9-21(22)17-26(33)28-19-27-23-11-4-7-15-31(23)41-32-16-8-5-13-25(32)34(35(27)41)36(28)42/h1-19H. The Morgan fingerprint density at radius 1 is 0.524 bits per heavy atom. The number of nitrogens with zero attached hydrogens (tertiary/aromatic N) is 5. The number of benzene rings is 6. The Labute approximate surface area is 238 Å². The number of rotatable bonds is 1. The van der Waals surface area contributed by atoms with Gasteiger partial charge in [0.25, 0.3) is 0 Å². The third-order valence-corrected chi connectivity index (χ3v) is 8.86. The molecular weight excluding hydrogens is 514 g/mol. The van der Waals surface area contributed by atoms with Gasteiger partial charge in [0, 0.05) is 37.7 Å². The molecule has 192 valence electrons. The Balaban J connectivity index is 1.54. The zero-order valence-electron chi connectivity index (χ0n) is 22.2. The number of hydrogen-bond acceptors (Lipinski definition) is 3. The van der Waals surface area contributed by atoms with Crippen LogP contribution >= 0.6 is 0 Å². The Kier molecular flexibility index (Phi) is 3.94. The summed E-state index contributed by atoms with van der Waals surface area (Å²) >= 11 is 0. The molecule has 4 aromatic heterocycles. The average Bonchev–Trinajstić information content (AvgIpc) is 3.67. The van der Waals surface area contributed by atoms with E-state index in [1.165, 1.54) is 43.5 Å². The van der Waals surface area contributed by atoms with Gasteiger partial charge in [0.15, 0.2) is 5.69 Å². The molecule has 0 aliphatic carbocycles. The zero-order chi connectivity index (χ0) is 27.5. The van der Waals surface area contributed by atoms with Crippen molar-refractivity contribution in [2.75, 3.05) is 0 Å². The van der Waals surface area contributed by atoms with Crippen molar-refractivity contribution in [1.82, 2.24) is 18.9 Å². The predicted octanol–water partition coefficient (Wildman–Crippen LogP) is 8.90. The van der Waals surface area contributed by atoms with Crippen LogP contribution in [0.4, 0.5) is 0 Å². The predicted molar refractivity (Wildman–Crippen MR) is 171 cm³/mol. The van der Waals surface area contributed by atoms with Gasteiger partial charge in [-0.25, -0.2) is 9.97 Å². The summed E-state index contributed by atoms with van der Waals surface area (Å²) in [5, 5.41) is 20.3.